The topological polar surface area (TPSA) is 106 Å². The van der Waals surface area contributed by atoms with Gasteiger partial charge in [-0.25, -0.2) is 9.69 Å². The maximum atomic E-state index is 13.1. The Morgan fingerprint density at radius 2 is 1.83 bits per heavy atom. The first-order valence-electron chi connectivity index (χ1n) is 13.0. The fourth-order valence-electron chi connectivity index (χ4n) is 4.25. The number of ether oxygens (including phenoxy) is 3. The van der Waals surface area contributed by atoms with Crippen LogP contribution in [0.5, 0.6) is 17.2 Å². The number of amides is 4. The molecular weight excluding hydrogens is 581 g/mol. The number of imide groups is 1. The second-order valence-corrected chi connectivity index (χ2v) is 9.93. The van der Waals surface area contributed by atoms with E-state index in [9.17, 15) is 14.4 Å². The number of anilines is 1. The van der Waals surface area contributed by atoms with Crippen molar-refractivity contribution in [2.45, 2.75) is 20.0 Å². The molecule has 0 spiro atoms. The van der Waals surface area contributed by atoms with Gasteiger partial charge in [-0.1, -0.05) is 47.5 Å². The van der Waals surface area contributed by atoms with Gasteiger partial charge in [0.15, 0.2) is 11.5 Å². The third-order valence-electron chi connectivity index (χ3n) is 6.16. The molecule has 0 aromatic heterocycles. The van der Waals surface area contributed by atoms with Crippen molar-refractivity contribution >= 4 is 52.8 Å². The van der Waals surface area contributed by atoms with Crippen molar-refractivity contribution in [3.8, 4) is 17.2 Å². The Bertz CT molecular complexity index is 1560. The highest BCUT2D eigenvalue weighted by atomic mass is 35.5. The van der Waals surface area contributed by atoms with Crippen molar-refractivity contribution in [3.05, 3.63) is 99.7 Å². The van der Waals surface area contributed by atoms with Gasteiger partial charge in [0.1, 0.15) is 24.6 Å². The van der Waals surface area contributed by atoms with Gasteiger partial charge in [0.25, 0.3) is 5.91 Å². The number of hydrogen-bond donors (Lipinski definition) is 2. The summed E-state index contributed by atoms with van der Waals surface area (Å²) in [4.78, 5) is 39.2. The number of rotatable bonds is 12. The van der Waals surface area contributed by atoms with Crippen molar-refractivity contribution < 1.29 is 28.6 Å². The molecule has 11 heteroatoms. The summed E-state index contributed by atoms with van der Waals surface area (Å²) in [6.07, 6.45) is 3.68. The zero-order chi connectivity index (χ0) is 30.2. The first kappa shape index (κ1) is 30.5. The summed E-state index contributed by atoms with van der Waals surface area (Å²) in [7, 11) is 1.48. The molecule has 0 aliphatic carbocycles. The number of allylic oxidation sites excluding steroid dienone is 1. The van der Waals surface area contributed by atoms with Crippen LogP contribution >= 0.6 is 23.2 Å². The van der Waals surface area contributed by atoms with Crippen molar-refractivity contribution in [2.75, 3.05) is 25.6 Å². The van der Waals surface area contributed by atoms with Crippen LogP contribution < -0.4 is 24.8 Å². The number of hydrogen-bond acceptors (Lipinski definition) is 6. The van der Waals surface area contributed by atoms with E-state index < -0.39 is 24.4 Å². The Balaban J connectivity index is 1.56. The van der Waals surface area contributed by atoms with E-state index in [0.29, 0.717) is 51.6 Å². The standard InChI is InChI=1S/C31H29Cl2N3O6/c1-4-8-20-13-19(15-27(41-5-2)29(20)42-18-21-11-12-22(32)16-23(21)33)14-25-30(38)36(31(39)35-25)17-28(37)34-24-9-6-7-10-26(24)40-3/h4,6-7,9-16H,1,5,8,17-18H2,2-3H3,(H,34,37)(H,35,39)/b25-14+. The third-order valence-corrected chi connectivity index (χ3v) is 6.75. The van der Waals surface area contributed by atoms with E-state index in [4.69, 9.17) is 37.4 Å². The second kappa shape index (κ2) is 13.9. The minimum atomic E-state index is -0.711. The van der Waals surface area contributed by atoms with E-state index in [1.54, 1.807) is 54.6 Å². The fraction of sp³-hybridized carbons (Fsp3) is 0.194. The van der Waals surface area contributed by atoms with Crippen LogP contribution in [-0.2, 0) is 22.6 Å². The van der Waals surface area contributed by atoms with Crippen LogP contribution in [0.2, 0.25) is 10.0 Å². The maximum Gasteiger partial charge on any atom is 0.329 e. The molecule has 3 aromatic carbocycles. The molecule has 218 valence electrons. The molecule has 3 aromatic rings. The smallest absolute Gasteiger partial charge is 0.329 e. The van der Waals surface area contributed by atoms with E-state index in [0.717, 1.165) is 16.0 Å². The molecule has 1 aliphatic rings. The number of halogens is 2. The summed E-state index contributed by atoms with van der Waals surface area (Å²) in [5, 5.41) is 6.20. The van der Waals surface area contributed by atoms with Crippen LogP contribution in [0, 0.1) is 0 Å². The lowest BCUT2D eigenvalue weighted by Crippen LogP contribution is -2.38. The van der Waals surface area contributed by atoms with Crippen molar-refractivity contribution in [1.82, 2.24) is 10.2 Å². The number of carbonyl (C=O) groups excluding carboxylic acids is 3. The van der Waals surface area contributed by atoms with Crippen LogP contribution in [0.25, 0.3) is 6.08 Å². The summed E-state index contributed by atoms with van der Waals surface area (Å²) in [5.41, 5.74) is 2.51. The molecule has 4 rings (SSSR count). The average Bonchev–Trinajstić information content (AvgIpc) is 3.21. The number of nitrogens with zero attached hydrogens (tertiary/aromatic N) is 1. The zero-order valence-corrected chi connectivity index (χ0v) is 24.6. The van der Waals surface area contributed by atoms with E-state index in [-0.39, 0.29) is 12.3 Å². The molecule has 9 nitrogen and oxygen atoms in total. The lowest BCUT2D eigenvalue weighted by molar-refractivity contribution is -0.127. The predicted octanol–water partition coefficient (Wildman–Crippen LogP) is 6.24. The number of carbonyl (C=O) groups is 3. The molecule has 0 atom stereocenters. The van der Waals surface area contributed by atoms with Gasteiger partial charge >= 0.3 is 6.03 Å². The Kier molecular flexibility index (Phi) is 10.1. The Morgan fingerprint density at radius 1 is 1.05 bits per heavy atom. The molecule has 1 heterocycles. The molecule has 2 N–H and O–H groups in total. The first-order valence-corrected chi connectivity index (χ1v) is 13.7. The molecule has 0 unspecified atom stereocenters. The van der Waals surface area contributed by atoms with Gasteiger partial charge in [-0.3, -0.25) is 9.59 Å². The molecule has 4 amide bonds. The van der Waals surface area contributed by atoms with Crippen molar-refractivity contribution in [2.24, 2.45) is 0 Å². The summed E-state index contributed by atoms with van der Waals surface area (Å²) in [6.45, 7) is 5.72. The molecule has 42 heavy (non-hydrogen) atoms. The van der Waals surface area contributed by atoms with Crippen molar-refractivity contribution in [1.29, 1.82) is 0 Å². The van der Waals surface area contributed by atoms with Crippen LogP contribution in [0.15, 0.2) is 72.9 Å². The molecular formula is C31H29Cl2N3O6. The molecule has 1 saturated heterocycles. The van der Waals surface area contributed by atoms with Gasteiger partial charge in [-0.05, 0) is 61.4 Å². The van der Waals surface area contributed by atoms with Gasteiger partial charge in [-0.2, -0.15) is 0 Å². The van der Waals surface area contributed by atoms with E-state index in [1.807, 2.05) is 13.0 Å². The van der Waals surface area contributed by atoms with E-state index in [2.05, 4.69) is 17.2 Å². The van der Waals surface area contributed by atoms with Gasteiger partial charge < -0.3 is 24.8 Å². The lowest BCUT2D eigenvalue weighted by Gasteiger charge is -2.17. The van der Waals surface area contributed by atoms with Crippen molar-refractivity contribution in [3.63, 3.8) is 0 Å². The van der Waals surface area contributed by atoms with Gasteiger partial charge in [0.2, 0.25) is 5.91 Å². The van der Waals surface area contributed by atoms with Gasteiger partial charge in [0, 0.05) is 21.2 Å². The SMILES string of the molecule is C=CCc1cc(/C=C2/NC(=O)N(CC(=O)Nc3ccccc3OC)C2=O)cc(OCC)c1OCc1ccc(Cl)cc1Cl. The minimum absolute atomic E-state index is 0.0127. The lowest BCUT2D eigenvalue weighted by atomic mass is 10.0. The number of para-hydroxylation sites is 2. The van der Waals surface area contributed by atoms with E-state index in [1.165, 1.54) is 13.2 Å². The second-order valence-electron chi connectivity index (χ2n) is 9.09. The Labute approximate surface area is 253 Å². The molecule has 0 bridgehead atoms. The highest BCUT2D eigenvalue weighted by molar-refractivity contribution is 6.35. The molecule has 0 saturated carbocycles. The number of methoxy groups -OCH3 is 1. The van der Waals surface area contributed by atoms with E-state index >= 15 is 0 Å². The predicted molar refractivity (Wildman–Crippen MR) is 162 cm³/mol. The summed E-state index contributed by atoms with van der Waals surface area (Å²) in [6, 6.07) is 14.8. The number of benzene rings is 3. The Hall–Kier alpha value is -4.47. The maximum absolute atomic E-state index is 13.1. The minimum Gasteiger partial charge on any atom is -0.495 e. The quantitative estimate of drug-likeness (QED) is 0.143. The van der Waals surface area contributed by atoms with Crippen LogP contribution in [0.3, 0.4) is 0 Å². The van der Waals surface area contributed by atoms with Crippen LogP contribution in [0.1, 0.15) is 23.6 Å². The third kappa shape index (κ3) is 7.23. The van der Waals surface area contributed by atoms with Gasteiger partial charge in [0.05, 0.1) is 19.4 Å². The average molecular weight is 610 g/mol. The van der Waals surface area contributed by atoms with Crippen LogP contribution in [0.4, 0.5) is 10.5 Å². The molecule has 1 fully saturated rings. The highest BCUT2D eigenvalue weighted by Gasteiger charge is 2.35. The Morgan fingerprint density at radius 3 is 2.55 bits per heavy atom. The monoisotopic (exact) mass is 609 g/mol. The normalized spacial score (nSPS) is 13.6. The number of urea groups is 1. The fourth-order valence-corrected chi connectivity index (χ4v) is 4.72. The number of nitrogens with one attached hydrogen (secondary N) is 2. The highest BCUT2D eigenvalue weighted by Crippen LogP contribution is 2.36. The summed E-state index contributed by atoms with van der Waals surface area (Å²) in [5.74, 6) is 0.197. The summed E-state index contributed by atoms with van der Waals surface area (Å²) < 4.78 is 17.3. The van der Waals surface area contributed by atoms with Gasteiger partial charge in [-0.15, -0.1) is 6.58 Å². The first-order chi connectivity index (χ1) is 20.2. The van der Waals surface area contributed by atoms with Crippen LogP contribution in [-0.4, -0.2) is 43.0 Å². The largest absolute Gasteiger partial charge is 0.495 e. The molecule has 1 aliphatic heterocycles. The summed E-state index contributed by atoms with van der Waals surface area (Å²) >= 11 is 12.3. The zero-order valence-electron chi connectivity index (χ0n) is 23.0. The molecule has 0 radical (unpaired) electrons.